The van der Waals surface area contributed by atoms with Gasteiger partial charge in [-0.2, -0.15) is 0 Å². The van der Waals surface area contributed by atoms with Crippen LogP contribution in [0.3, 0.4) is 0 Å². The van der Waals surface area contributed by atoms with E-state index in [-0.39, 0.29) is 23.3 Å². The van der Waals surface area contributed by atoms with E-state index >= 15 is 0 Å². The van der Waals surface area contributed by atoms with Gasteiger partial charge in [0.15, 0.2) is 5.79 Å². The number of allylic oxidation sites excluding steroid dienone is 2. The summed E-state index contributed by atoms with van der Waals surface area (Å²) in [7, 11) is 3.24. The van der Waals surface area contributed by atoms with Gasteiger partial charge >= 0.3 is 5.97 Å². The average Bonchev–Trinajstić information content (AvgIpc) is 3.35. The first-order chi connectivity index (χ1) is 19.8. The van der Waals surface area contributed by atoms with Gasteiger partial charge in [0, 0.05) is 31.4 Å². The van der Waals surface area contributed by atoms with Gasteiger partial charge in [0.1, 0.15) is 5.75 Å². The molecule has 0 unspecified atom stereocenters. The Balaban J connectivity index is 1.67. The van der Waals surface area contributed by atoms with Crippen LogP contribution in [-0.4, -0.2) is 59.1 Å². The molecule has 0 aromatic heterocycles. The maximum atomic E-state index is 13.2. The SMILES string of the molecule is C=CCC/C(C)=C(\C(=O)O)[C@@H]1C[C@@H](CCc2ccccc2)O[C@@](OC)([C@@H]2CSC(=O)N2Cc2ccc(OC)cc2)C1. The molecular formula is C33H41NO6S. The van der Waals surface area contributed by atoms with Gasteiger partial charge in [-0.1, -0.05) is 65.9 Å². The van der Waals surface area contributed by atoms with Crippen LogP contribution in [0, 0.1) is 5.92 Å². The lowest BCUT2D eigenvalue weighted by Crippen LogP contribution is -2.59. The number of carboxylic acid groups (broad SMARTS) is 1. The lowest BCUT2D eigenvalue weighted by atomic mass is 9.78. The molecular weight excluding hydrogens is 538 g/mol. The number of hydrogen-bond donors (Lipinski definition) is 1. The van der Waals surface area contributed by atoms with Gasteiger partial charge in [0.25, 0.3) is 5.24 Å². The fraction of sp³-hybridized carbons (Fsp3) is 0.455. The number of rotatable bonds is 13. The zero-order valence-electron chi connectivity index (χ0n) is 24.2. The van der Waals surface area contributed by atoms with Crippen molar-refractivity contribution in [2.24, 2.45) is 5.92 Å². The summed E-state index contributed by atoms with van der Waals surface area (Å²) in [6, 6.07) is 17.5. The second-order valence-electron chi connectivity index (χ2n) is 10.8. The third kappa shape index (κ3) is 7.42. The fourth-order valence-electron chi connectivity index (χ4n) is 6.05. The highest BCUT2D eigenvalue weighted by atomic mass is 32.2. The molecule has 7 nitrogen and oxygen atoms in total. The number of ether oxygens (including phenoxy) is 3. The Bertz CT molecular complexity index is 1230. The molecule has 41 heavy (non-hydrogen) atoms. The maximum absolute atomic E-state index is 13.2. The lowest BCUT2D eigenvalue weighted by Gasteiger charge is -2.49. The number of hydrogen-bond acceptors (Lipinski definition) is 6. The molecule has 2 saturated heterocycles. The average molecular weight is 580 g/mol. The Kier molecular flexibility index (Phi) is 10.7. The number of aryl methyl sites for hydroxylation is 1. The van der Waals surface area contributed by atoms with Gasteiger partial charge in [-0.3, -0.25) is 4.79 Å². The van der Waals surface area contributed by atoms with Crippen molar-refractivity contribution >= 4 is 23.0 Å². The lowest BCUT2D eigenvalue weighted by molar-refractivity contribution is -0.297. The molecule has 2 aromatic carbocycles. The highest BCUT2D eigenvalue weighted by Gasteiger charge is 2.54. The summed E-state index contributed by atoms with van der Waals surface area (Å²) in [5.41, 5.74) is 3.45. The van der Waals surface area contributed by atoms with E-state index in [2.05, 4.69) is 18.7 Å². The van der Waals surface area contributed by atoms with Gasteiger partial charge in [0.05, 0.1) is 19.3 Å². The number of benzene rings is 2. The van der Waals surface area contributed by atoms with E-state index in [9.17, 15) is 14.7 Å². The number of carbonyl (C=O) groups is 2. The van der Waals surface area contributed by atoms with Crippen LogP contribution < -0.4 is 4.74 Å². The highest BCUT2D eigenvalue weighted by Crippen LogP contribution is 2.46. The normalized spacial score (nSPS) is 25.1. The van der Waals surface area contributed by atoms with Gasteiger partial charge in [-0.25, -0.2) is 4.79 Å². The molecule has 1 amide bonds. The van der Waals surface area contributed by atoms with Crippen LogP contribution in [0.15, 0.2) is 78.4 Å². The topological polar surface area (TPSA) is 85.3 Å². The Hall–Kier alpha value is -3.07. The molecule has 2 aliphatic heterocycles. The zero-order valence-corrected chi connectivity index (χ0v) is 25.0. The summed E-state index contributed by atoms with van der Waals surface area (Å²) in [6.45, 7) is 6.11. The summed E-state index contributed by atoms with van der Waals surface area (Å²) in [4.78, 5) is 27.7. The highest BCUT2D eigenvalue weighted by molar-refractivity contribution is 8.13. The first-order valence-corrected chi connectivity index (χ1v) is 15.2. The first kappa shape index (κ1) is 30.9. The third-order valence-electron chi connectivity index (χ3n) is 8.20. The third-order valence-corrected chi connectivity index (χ3v) is 9.17. The standard InChI is InChI=1S/C33H41NO6S/c1-5-6-10-23(2)30(31(35)36)26-19-28(18-13-24-11-8-7-9-12-24)40-33(20-26,39-4)29-22-41-32(37)34(29)21-25-14-16-27(38-3)17-15-25/h5,7-9,11-12,14-17,26,28-29H,1,6,10,13,18-22H2,2-4H3,(H,35,36)/b30-23-/t26-,28-,29+,33-/m1/s1. The minimum Gasteiger partial charge on any atom is -0.497 e. The molecule has 2 aliphatic rings. The first-order valence-electron chi connectivity index (χ1n) is 14.2. The van der Waals surface area contributed by atoms with E-state index in [1.807, 2.05) is 60.4 Å². The molecule has 0 spiro atoms. The second-order valence-corrected chi connectivity index (χ2v) is 11.8. The van der Waals surface area contributed by atoms with E-state index in [0.717, 1.165) is 29.7 Å². The number of carbonyl (C=O) groups excluding carboxylic acids is 1. The van der Waals surface area contributed by atoms with Crippen molar-refractivity contribution in [3.63, 3.8) is 0 Å². The molecule has 4 rings (SSSR count). The molecule has 220 valence electrons. The second kappa shape index (κ2) is 14.2. The largest absolute Gasteiger partial charge is 0.497 e. The number of amides is 1. The van der Waals surface area contributed by atoms with Crippen molar-refractivity contribution in [1.82, 2.24) is 4.90 Å². The van der Waals surface area contributed by atoms with Crippen LogP contribution in [0.2, 0.25) is 0 Å². The molecule has 8 heteroatoms. The van der Waals surface area contributed by atoms with E-state index in [1.54, 1.807) is 14.2 Å². The quantitative estimate of drug-likeness (QED) is 0.205. The molecule has 2 heterocycles. The van der Waals surface area contributed by atoms with E-state index in [4.69, 9.17) is 14.2 Å². The molecule has 1 N–H and O–H groups in total. The number of methoxy groups -OCH3 is 2. The zero-order chi connectivity index (χ0) is 29.4. The Morgan fingerprint density at radius 3 is 2.54 bits per heavy atom. The molecule has 0 aliphatic carbocycles. The van der Waals surface area contributed by atoms with Gasteiger partial charge < -0.3 is 24.2 Å². The molecule has 0 radical (unpaired) electrons. The van der Waals surface area contributed by atoms with Crippen molar-refractivity contribution < 1.29 is 28.9 Å². The van der Waals surface area contributed by atoms with Gasteiger partial charge in [-0.15, -0.1) is 6.58 Å². The molecule has 2 fully saturated rings. The summed E-state index contributed by atoms with van der Waals surface area (Å²) < 4.78 is 18.4. The van der Waals surface area contributed by atoms with Gasteiger partial charge in [0.2, 0.25) is 0 Å². The molecule has 2 aromatic rings. The van der Waals surface area contributed by atoms with Crippen molar-refractivity contribution in [3.05, 3.63) is 89.5 Å². The number of thioether (sulfide) groups is 1. The predicted octanol–water partition coefficient (Wildman–Crippen LogP) is 6.87. The number of nitrogens with zero attached hydrogens (tertiary/aromatic N) is 1. The minimum absolute atomic E-state index is 0.0371. The van der Waals surface area contributed by atoms with Crippen LogP contribution in [-0.2, 0) is 27.2 Å². The Labute approximate surface area is 247 Å². The van der Waals surface area contributed by atoms with Gasteiger partial charge in [-0.05, 0) is 68.2 Å². The summed E-state index contributed by atoms with van der Waals surface area (Å²) >= 11 is 1.26. The molecule has 0 bridgehead atoms. The fourth-order valence-corrected chi connectivity index (χ4v) is 7.14. The van der Waals surface area contributed by atoms with Crippen LogP contribution in [0.5, 0.6) is 5.75 Å². The van der Waals surface area contributed by atoms with Crippen LogP contribution >= 0.6 is 11.8 Å². The van der Waals surface area contributed by atoms with E-state index in [1.165, 1.54) is 17.3 Å². The van der Waals surface area contributed by atoms with Crippen LogP contribution in [0.4, 0.5) is 4.79 Å². The van der Waals surface area contributed by atoms with E-state index < -0.39 is 11.8 Å². The van der Waals surface area contributed by atoms with Crippen molar-refractivity contribution in [2.75, 3.05) is 20.0 Å². The Morgan fingerprint density at radius 1 is 1.17 bits per heavy atom. The predicted molar refractivity (Wildman–Crippen MR) is 162 cm³/mol. The maximum Gasteiger partial charge on any atom is 0.331 e. The van der Waals surface area contributed by atoms with Crippen LogP contribution in [0.1, 0.15) is 50.2 Å². The Morgan fingerprint density at radius 2 is 1.90 bits per heavy atom. The van der Waals surface area contributed by atoms with Crippen molar-refractivity contribution in [3.8, 4) is 5.75 Å². The molecule has 0 saturated carbocycles. The number of aliphatic carboxylic acids is 1. The van der Waals surface area contributed by atoms with Crippen molar-refractivity contribution in [2.45, 2.75) is 69.9 Å². The number of carboxylic acids is 1. The summed E-state index contributed by atoms with van der Waals surface area (Å²) in [5, 5.41) is 10.3. The monoisotopic (exact) mass is 579 g/mol. The summed E-state index contributed by atoms with van der Waals surface area (Å²) in [6.07, 6.45) is 5.38. The summed E-state index contributed by atoms with van der Waals surface area (Å²) in [5.74, 6) is -1.08. The van der Waals surface area contributed by atoms with Crippen molar-refractivity contribution in [1.29, 1.82) is 0 Å². The minimum atomic E-state index is -1.14. The van der Waals surface area contributed by atoms with Crippen LogP contribution in [0.25, 0.3) is 0 Å². The molecule has 4 atom stereocenters. The smallest absolute Gasteiger partial charge is 0.331 e. The van der Waals surface area contributed by atoms with E-state index in [0.29, 0.717) is 43.6 Å².